The molecule has 0 amide bonds. The Morgan fingerprint density at radius 2 is 2.58 bits per heavy atom. The van der Waals surface area contributed by atoms with Crippen LogP contribution >= 0.6 is 0 Å². The van der Waals surface area contributed by atoms with Gasteiger partial charge in [-0.1, -0.05) is 13.0 Å². The van der Waals surface area contributed by atoms with Gasteiger partial charge in [-0.15, -0.1) is 0 Å². The first-order valence-corrected chi connectivity index (χ1v) is 4.69. The zero-order chi connectivity index (χ0) is 8.81. The summed E-state index contributed by atoms with van der Waals surface area (Å²) in [6.45, 7) is 3.33. The van der Waals surface area contributed by atoms with E-state index in [4.69, 9.17) is 0 Å². The minimum atomic E-state index is 0.646. The number of allylic oxidation sites excluding steroid dienone is 1. The molecule has 0 fully saturated rings. The van der Waals surface area contributed by atoms with Gasteiger partial charge in [0, 0.05) is 19.8 Å². The molecule has 2 nitrogen and oxygen atoms in total. The third-order valence-electron chi connectivity index (χ3n) is 2.47. The minimum Gasteiger partial charge on any atom is -0.391 e. The Balaban J connectivity index is 2.47. The lowest BCUT2D eigenvalue weighted by molar-refractivity contribution is 0.395. The molecular formula is C10H18N2. The van der Waals surface area contributed by atoms with Crippen molar-refractivity contribution in [3.63, 3.8) is 0 Å². The number of aliphatic imine (C=N–C) groups is 1. The summed E-state index contributed by atoms with van der Waals surface area (Å²) < 4.78 is 0. The molecule has 1 rings (SSSR count). The maximum atomic E-state index is 4.11. The molecule has 0 bridgehead atoms. The highest BCUT2D eigenvalue weighted by atomic mass is 14.8. The summed E-state index contributed by atoms with van der Waals surface area (Å²) in [6, 6.07) is 0. The predicted molar refractivity (Wildman–Crippen MR) is 53.4 cm³/mol. The molecule has 0 aromatic heterocycles. The van der Waals surface area contributed by atoms with Gasteiger partial charge in [0.1, 0.15) is 0 Å². The molecule has 0 saturated heterocycles. The van der Waals surface area contributed by atoms with E-state index >= 15 is 0 Å². The quantitative estimate of drug-likeness (QED) is 0.636. The van der Waals surface area contributed by atoms with Gasteiger partial charge >= 0.3 is 0 Å². The van der Waals surface area contributed by atoms with Crippen molar-refractivity contribution in [2.45, 2.75) is 19.8 Å². The second kappa shape index (κ2) is 4.96. The molecule has 0 aromatic rings. The van der Waals surface area contributed by atoms with Crippen LogP contribution in [0.2, 0.25) is 0 Å². The zero-order valence-corrected chi connectivity index (χ0v) is 7.96. The van der Waals surface area contributed by atoms with E-state index in [1.165, 1.54) is 12.8 Å². The van der Waals surface area contributed by atoms with Crippen LogP contribution in [0.4, 0.5) is 0 Å². The van der Waals surface area contributed by atoms with Gasteiger partial charge < -0.3 is 10.3 Å². The number of rotatable bonds is 3. The molecule has 0 aliphatic carbocycles. The van der Waals surface area contributed by atoms with E-state index in [1.807, 2.05) is 13.2 Å². The van der Waals surface area contributed by atoms with E-state index in [9.17, 15) is 0 Å². The molecule has 1 N–H and O–H groups in total. The van der Waals surface area contributed by atoms with Crippen LogP contribution in [-0.2, 0) is 0 Å². The summed E-state index contributed by atoms with van der Waals surface area (Å²) in [5.41, 5.74) is 0. The first-order chi connectivity index (χ1) is 5.88. The molecule has 0 spiro atoms. The molecule has 12 heavy (non-hydrogen) atoms. The van der Waals surface area contributed by atoms with Crippen LogP contribution < -0.4 is 5.32 Å². The van der Waals surface area contributed by atoms with E-state index in [0.717, 1.165) is 12.5 Å². The Morgan fingerprint density at radius 3 is 3.08 bits per heavy atom. The second-order valence-corrected chi connectivity index (χ2v) is 3.29. The first kappa shape index (κ1) is 9.30. The number of hydrogen-bond donors (Lipinski definition) is 1. The van der Waals surface area contributed by atoms with Crippen LogP contribution in [0.5, 0.6) is 0 Å². The van der Waals surface area contributed by atoms with E-state index < -0.39 is 0 Å². The number of nitrogens with zero attached hydrogens (tertiary/aromatic N) is 1. The fourth-order valence-electron chi connectivity index (χ4n) is 1.71. The number of hydrogen-bond acceptors (Lipinski definition) is 2. The van der Waals surface area contributed by atoms with E-state index in [2.05, 4.69) is 29.5 Å². The molecule has 1 aliphatic rings. The Kier molecular flexibility index (Phi) is 3.85. The average Bonchev–Trinajstić information content (AvgIpc) is 2.15. The summed E-state index contributed by atoms with van der Waals surface area (Å²) in [5, 5.41) is 3.27. The van der Waals surface area contributed by atoms with Gasteiger partial charge in [-0.05, 0) is 30.9 Å². The van der Waals surface area contributed by atoms with Gasteiger partial charge in [0.25, 0.3) is 0 Å². The van der Waals surface area contributed by atoms with E-state index in [1.54, 1.807) is 0 Å². The Labute approximate surface area is 74.8 Å². The molecule has 0 saturated carbocycles. The fraction of sp³-hybridized carbons (Fsp3) is 0.700. The fourth-order valence-corrected chi connectivity index (χ4v) is 1.71. The summed E-state index contributed by atoms with van der Waals surface area (Å²) in [7, 11) is 1.86. The zero-order valence-electron chi connectivity index (χ0n) is 7.96. The van der Waals surface area contributed by atoms with Crippen molar-refractivity contribution in [2.24, 2.45) is 16.8 Å². The van der Waals surface area contributed by atoms with Crippen LogP contribution in [0.3, 0.4) is 0 Å². The van der Waals surface area contributed by atoms with Crippen molar-refractivity contribution >= 4 is 6.21 Å². The molecule has 1 heterocycles. The Bertz CT molecular complexity index is 173. The largest absolute Gasteiger partial charge is 0.391 e. The highest BCUT2D eigenvalue weighted by Crippen LogP contribution is 2.19. The van der Waals surface area contributed by atoms with Gasteiger partial charge in [-0.25, -0.2) is 0 Å². The standard InChI is InChI=1S/C10H18N2/c1-3-9(7-11-2)10-5-4-6-12-8-10/h4,6-7,9-10,12H,3,5,8H2,1-2H3/b11-7-. The summed E-state index contributed by atoms with van der Waals surface area (Å²) in [4.78, 5) is 4.11. The number of nitrogens with one attached hydrogen (secondary N) is 1. The highest BCUT2D eigenvalue weighted by molar-refractivity contribution is 5.61. The molecule has 0 radical (unpaired) electrons. The SMILES string of the molecule is CCC(/C=N\C)C1CC=CNC1. The summed E-state index contributed by atoms with van der Waals surface area (Å²) in [6.07, 6.45) is 8.73. The van der Waals surface area contributed by atoms with Crippen molar-refractivity contribution in [1.82, 2.24) is 5.32 Å². The first-order valence-electron chi connectivity index (χ1n) is 4.69. The van der Waals surface area contributed by atoms with Crippen molar-refractivity contribution in [2.75, 3.05) is 13.6 Å². The van der Waals surface area contributed by atoms with E-state index in [-0.39, 0.29) is 0 Å². The Morgan fingerprint density at radius 1 is 1.75 bits per heavy atom. The van der Waals surface area contributed by atoms with Gasteiger partial charge in [0.2, 0.25) is 0 Å². The van der Waals surface area contributed by atoms with Crippen LogP contribution in [0.15, 0.2) is 17.3 Å². The lowest BCUT2D eigenvalue weighted by Gasteiger charge is -2.24. The van der Waals surface area contributed by atoms with Crippen LogP contribution in [-0.4, -0.2) is 19.8 Å². The van der Waals surface area contributed by atoms with Gasteiger partial charge in [-0.3, -0.25) is 0 Å². The Hall–Kier alpha value is -0.790. The average molecular weight is 166 g/mol. The lowest BCUT2D eigenvalue weighted by Crippen LogP contribution is -2.28. The van der Waals surface area contributed by atoms with Gasteiger partial charge in [0.05, 0.1) is 0 Å². The van der Waals surface area contributed by atoms with Crippen molar-refractivity contribution in [3.8, 4) is 0 Å². The van der Waals surface area contributed by atoms with Gasteiger partial charge in [-0.2, -0.15) is 0 Å². The van der Waals surface area contributed by atoms with Crippen molar-refractivity contribution < 1.29 is 0 Å². The topological polar surface area (TPSA) is 24.4 Å². The third kappa shape index (κ3) is 2.36. The van der Waals surface area contributed by atoms with Crippen molar-refractivity contribution in [3.05, 3.63) is 12.3 Å². The third-order valence-corrected chi connectivity index (χ3v) is 2.47. The van der Waals surface area contributed by atoms with Crippen molar-refractivity contribution in [1.29, 1.82) is 0 Å². The molecule has 0 aromatic carbocycles. The van der Waals surface area contributed by atoms with Crippen LogP contribution in [0.1, 0.15) is 19.8 Å². The molecule has 2 atom stereocenters. The molecule has 2 heteroatoms. The van der Waals surface area contributed by atoms with E-state index in [0.29, 0.717) is 5.92 Å². The maximum Gasteiger partial charge on any atom is 0.0273 e. The minimum absolute atomic E-state index is 0.646. The monoisotopic (exact) mass is 166 g/mol. The smallest absolute Gasteiger partial charge is 0.0273 e. The summed E-state index contributed by atoms with van der Waals surface area (Å²) >= 11 is 0. The maximum absolute atomic E-state index is 4.11. The molecule has 2 unspecified atom stereocenters. The molecule has 1 aliphatic heterocycles. The second-order valence-electron chi connectivity index (χ2n) is 3.29. The molecular weight excluding hydrogens is 148 g/mol. The lowest BCUT2D eigenvalue weighted by atomic mass is 9.87. The highest BCUT2D eigenvalue weighted by Gasteiger charge is 2.17. The predicted octanol–water partition coefficient (Wildman–Crippen LogP) is 1.84. The summed E-state index contributed by atoms with van der Waals surface area (Å²) in [5.74, 6) is 1.39. The van der Waals surface area contributed by atoms with Gasteiger partial charge in [0.15, 0.2) is 0 Å². The van der Waals surface area contributed by atoms with Crippen LogP contribution in [0, 0.1) is 11.8 Å². The normalized spacial score (nSPS) is 25.7. The van der Waals surface area contributed by atoms with Crippen LogP contribution in [0.25, 0.3) is 0 Å². The molecule has 68 valence electrons.